The average Bonchev–Trinajstić information content (AvgIpc) is 2.28. The molecular weight excluding hydrogens is 212 g/mol. The minimum absolute atomic E-state index is 0.0841. The summed E-state index contributed by atoms with van der Waals surface area (Å²) in [5.74, 6) is -0.0841. The third kappa shape index (κ3) is 2.67. The fourth-order valence-corrected chi connectivity index (χ4v) is 2.25. The number of hydrogen-bond donors (Lipinski definition) is 2. The van der Waals surface area contributed by atoms with Crippen molar-refractivity contribution < 1.29 is 4.79 Å². The summed E-state index contributed by atoms with van der Waals surface area (Å²) in [6.45, 7) is 3.47. The Kier molecular flexibility index (Phi) is 3.20. The fourth-order valence-electron chi connectivity index (χ4n) is 2.25. The van der Waals surface area contributed by atoms with Crippen LogP contribution in [0.15, 0.2) is 24.3 Å². The Bertz CT molecular complexity index is 420. The number of aryl methyl sites for hydroxylation is 1. The number of nitrogens with two attached hydrogens (primary N) is 1. The van der Waals surface area contributed by atoms with Gasteiger partial charge in [0.15, 0.2) is 0 Å². The van der Waals surface area contributed by atoms with E-state index >= 15 is 0 Å². The molecule has 3 N–H and O–H groups in total. The van der Waals surface area contributed by atoms with Gasteiger partial charge in [0.05, 0.1) is 11.6 Å². The summed E-state index contributed by atoms with van der Waals surface area (Å²) in [6.07, 6.45) is 3.22. The minimum Gasteiger partial charge on any atom is -0.348 e. The predicted octanol–water partition coefficient (Wildman–Crippen LogP) is 1.92. The molecule has 0 aromatic heterocycles. The second kappa shape index (κ2) is 4.49. The molecule has 0 bridgehead atoms. The molecule has 2 rings (SSSR count). The minimum atomic E-state index is -0.813. The molecule has 17 heavy (non-hydrogen) atoms. The van der Waals surface area contributed by atoms with Crippen LogP contribution >= 0.6 is 0 Å². The summed E-state index contributed by atoms with van der Waals surface area (Å²) in [6, 6.07) is 8.44. The van der Waals surface area contributed by atoms with Crippen LogP contribution in [0.1, 0.15) is 43.9 Å². The van der Waals surface area contributed by atoms with Gasteiger partial charge in [-0.15, -0.1) is 0 Å². The van der Waals surface area contributed by atoms with E-state index in [9.17, 15) is 4.79 Å². The molecule has 3 heteroatoms. The highest BCUT2D eigenvalue weighted by atomic mass is 16.2. The van der Waals surface area contributed by atoms with E-state index in [1.54, 1.807) is 13.8 Å². The Labute approximate surface area is 102 Å². The van der Waals surface area contributed by atoms with Crippen molar-refractivity contribution in [3.63, 3.8) is 0 Å². The highest BCUT2D eigenvalue weighted by Crippen LogP contribution is 2.29. The van der Waals surface area contributed by atoms with E-state index in [2.05, 4.69) is 23.5 Å². The smallest absolute Gasteiger partial charge is 0.239 e. The second-order valence-corrected chi connectivity index (χ2v) is 5.34. The zero-order valence-corrected chi connectivity index (χ0v) is 10.5. The van der Waals surface area contributed by atoms with Gasteiger partial charge in [-0.25, -0.2) is 0 Å². The fraction of sp³-hybridized carbons (Fsp3) is 0.500. The molecule has 1 aliphatic carbocycles. The van der Waals surface area contributed by atoms with E-state index in [0.717, 1.165) is 19.3 Å². The zero-order valence-electron chi connectivity index (χ0n) is 10.5. The predicted molar refractivity (Wildman–Crippen MR) is 68.5 cm³/mol. The summed E-state index contributed by atoms with van der Waals surface area (Å²) < 4.78 is 0. The van der Waals surface area contributed by atoms with Crippen molar-refractivity contribution in [3.8, 4) is 0 Å². The van der Waals surface area contributed by atoms with Crippen molar-refractivity contribution in [2.45, 2.75) is 44.7 Å². The van der Waals surface area contributed by atoms with Gasteiger partial charge in [-0.05, 0) is 44.2 Å². The normalized spacial score (nSPS) is 19.6. The maximum Gasteiger partial charge on any atom is 0.239 e. The van der Waals surface area contributed by atoms with Gasteiger partial charge in [0.1, 0.15) is 0 Å². The monoisotopic (exact) mass is 232 g/mol. The standard InChI is InChI=1S/C14H20N2O/c1-14(2,15)13(17)16-12-9-5-7-10-6-3-4-8-11(10)12/h3-4,6,8,12H,5,7,9,15H2,1-2H3,(H,16,17). The van der Waals surface area contributed by atoms with Gasteiger partial charge < -0.3 is 11.1 Å². The van der Waals surface area contributed by atoms with Gasteiger partial charge in [-0.3, -0.25) is 4.79 Å². The quantitative estimate of drug-likeness (QED) is 0.818. The lowest BCUT2D eigenvalue weighted by Crippen LogP contribution is -2.50. The molecule has 1 atom stereocenters. The number of hydrogen-bond acceptors (Lipinski definition) is 2. The molecule has 0 saturated heterocycles. The van der Waals surface area contributed by atoms with Crippen LogP contribution in [0.2, 0.25) is 0 Å². The van der Waals surface area contributed by atoms with Crippen molar-refractivity contribution in [3.05, 3.63) is 35.4 Å². The third-order valence-corrected chi connectivity index (χ3v) is 3.26. The third-order valence-electron chi connectivity index (χ3n) is 3.26. The molecule has 92 valence electrons. The number of carbonyl (C=O) groups excluding carboxylic acids is 1. The topological polar surface area (TPSA) is 55.1 Å². The Morgan fingerprint density at radius 1 is 1.41 bits per heavy atom. The SMILES string of the molecule is CC(C)(N)C(=O)NC1CCCc2ccccc21. The average molecular weight is 232 g/mol. The van der Waals surface area contributed by atoms with Crippen LogP contribution < -0.4 is 11.1 Å². The highest BCUT2D eigenvalue weighted by molar-refractivity contribution is 5.85. The van der Waals surface area contributed by atoms with E-state index in [-0.39, 0.29) is 11.9 Å². The van der Waals surface area contributed by atoms with Gasteiger partial charge in [-0.2, -0.15) is 0 Å². The molecule has 1 aromatic rings. The first-order valence-corrected chi connectivity index (χ1v) is 6.16. The summed E-state index contributed by atoms with van der Waals surface area (Å²) in [7, 11) is 0. The molecule has 1 unspecified atom stereocenters. The van der Waals surface area contributed by atoms with Gasteiger partial charge in [0, 0.05) is 0 Å². The number of amides is 1. The first-order valence-electron chi connectivity index (χ1n) is 6.16. The number of nitrogens with one attached hydrogen (secondary N) is 1. The van der Waals surface area contributed by atoms with Crippen LogP contribution in [0.25, 0.3) is 0 Å². The van der Waals surface area contributed by atoms with Crippen molar-refractivity contribution in [2.24, 2.45) is 5.73 Å². The second-order valence-electron chi connectivity index (χ2n) is 5.34. The maximum absolute atomic E-state index is 11.9. The van der Waals surface area contributed by atoms with Crippen LogP contribution in [0, 0.1) is 0 Å². The van der Waals surface area contributed by atoms with Gasteiger partial charge in [0.25, 0.3) is 0 Å². The van der Waals surface area contributed by atoms with Crippen LogP contribution in [0.3, 0.4) is 0 Å². The summed E-state index contributed by atoms with van der Waals surface area (Å²) in [5.41, 5.74) is 7.58. The lowest BCUT2D eigenvalue weighted by Gasteiger charge is -2.29. The lowest BCUT2D eigenvalue weighted by molar-refractivity contribution is -0.126. The lowest BCUT2D eigenvalue weighted by atomic mass is 9.87. The number of carbonyl (C=O) groups is 1. The molecule has 0 heterocycles. The molecular formula is C14H20N2O. The van der Waals surface area contributed by atoms with Gasteiger partial charge in [-0.1, -0.05) is 24.3 Å². The highest BCUT2D eigenvalue weighted by Gasteiger charge is 2.27. The van der Waals surface area contributed by atoms with E-state index in [4.69, 9.17) is 5.73 Å². The first-order chi connectivity index (χ1) is 7.98. The first kappa shape index (κ1) is 12.1. The maximum atomic E-state index is 11.9. The zero-order chi connectivity index (χ0) is 12.5. The molecule has 1 aromatic carbocycles. The molecule has 3 nitrogen and oxygen atoms in total. The van der Waals surface area contributed by atoms with Crippen LogP contribution in [0.5, 0.6) is 0 Å². The largest absolute Gasteiger partial charge is 0.348 e. The van der Waals surface area contributed by atoms with E-state index in [1.807, 2.05) is 6.07 Å². The van der Waals surface area contributed by atoms with Crippen LogP contribution in [0.4, 0.5) is 0 Å². The van der Waals surface area contributed by atoms with Crippen molar-refractivity contribution in [1.82, 2.24) is 5.32 Å². The van der Waals surface area contributed by atoms with E-state index in [1.165, 1.54) is 11.1 Å². The van der Waals surface area contributed by atoms with Gasteiger partial charge >= 0.3 is 0 Å². The van der Waals surface area contributed by atoms with Crippen molar-refractivity contribution in [2.75, 3.05) is 0 Å². The van der Waals surface area contributed by atoms with Crippen molar-refractivity contribution in [1.29, 1.82) is 0 Å². The molecule has 0 saturated carbocycles. The number of rotatable bonds is 2. The molecule has 0 spiro atoms. The molecule has 0 fully saturated rings. The summed E-state index contributed by atoms with van der Waals surface area (Å²) in [4.78, 5) is 11.9. The Balaban J connectivity index is 2.17. The summed E-state index contributed by atoms with van der Waals surface area (Å²) >= 11 is 0. The number of benzene rings is 1. The Hall–Kier alpha value is -1.35. The Morgan fingerprint density at radius 3 is 2.82 bits per heavy atom. The molecule has 1 amide bonds. The van der Waals surface area contributed by atoms with Crippen molar-refractivity contribution >= 4 is 5.91 Å². The van der Waals surface area contributed by atoms with Crippen LogP contribution in [-0.2, 0) is 11.2 Å². The molecule has 0 radical (unpaired) electrons. The Morgan fingerprint density at radius 2 is 2.12 bits per heavy atom. The van der Waals surface area contributed by atoms with Gasteiger partial charge in [0.2, 0.25) is 5.91 Å². The number of fused-ring (bicyclic) bond motifs is 1. The molecule has 1 aliphatic rings. The van der Waals surface area contributed by atoms with E-state index in [0.29, 0.717) is 0 Å². The van der Waals surface area contributed by atoms with E-state index < -0.39 is 5.54 Å². The summed E-state index contributed by atoms with van der Waals surface area (Å²) in [5, 5.41) is 3.05. The molecule has 0 aliphatic heterocycles. The van der Waals surface area contributed by atoms with Crippen LogP contribution in [-0.4, -0.2) is 11.4 Å².